The minimum Gasteiger partial charge on any atom is -0.454 e. The van der Waals surface area contributed by atoms with Crippen LogP contribution in [-0.4, -0.2) is 12.3 Å². The fourth-order valence-electron chi connectivity index (χ4n) is 4.02. The quantitative estimate of drug-likeness (QED) is 0.165. The molecule has 0 amide bonds. The summed E-state index contributed by atoms with van der Waals surface area (Å²) in [6.07, 6.45) is 32.2. The van der Waals surface area contributed by atoms with Crippen LogP contribution in [0.1, 0.15) is 68.6 Å². The molecule has 210 valence electrons. The van der Waals surface area contributed by atoms with Gasteiger partial charge in [0.05, 0.1) is 0 Å². The average Bonchev–Trinajstić information content (AvgIpc) is 2.94. The van der Waals surface area contributed by atoms with Crippen molar-refractivity contribution in [2.45, 2.75) is 64.6 Å². The lowest BCUT2D eigenvalue weighted by molar-refractivity contribution is -0.0630. The molecule has 1 heterocycles. The zero-order chi connectivity index (χ0) is 28.4. The van der Waals surface area contributed by atoms with Gasteiger partial charge in [-0.05, 0) is 74.8 Å². The fraction of sp³-hybridized carbons (Fsp3) is 0.286. The highest BCUT2D eigenvalue weighted by Gasteiger charge is 2.27. The van der Waals surface area contributed by atoms with Gasteiger partial charge >= 0.3 is 5.97 Å². The standard InChI is InChI=1S/C35H38F2O3/c1-2-3-4-5-6-7-8-9-10-11-12-13-14-15-16-17-18-19-20-21-34-39-33-25-22-28(26-31(33)35(38)40-34)30-24-23-29(36)27-32(30)37/h3-4,6-7,9-10,12-13,15-16,18-19,22-27,34H,2,5,8,11,14,17,20-21H2,1H3/b4-3-,7-6-,10-9-,13-12-,16-15-,19-18-. The van der Waals surface area contributed by atoms with E-state index in [1.807, 2.05) is 6.08 Å². The number of cyclic esters (lactones) is 1. The Labute approximate surface area is 236 Å². The largest absolute Gasteiger partial charge is 0.454 e. The first kappa shape index (κ1) is 30.6. The third kappa shape index (κ3) is 10.6. The average molecular weight is 545 g/mol. The summed E-state index contributed by atoms with van der Waals surface area (Å²) >= 11 is 0. The van der Waals surface area contributed by atoms with Gasteiger partial charge in [-0.25, -0.2) is 13.6 Å². The van der Waals surface area contributed by atoms with E-state index in [2.05, 4.69) is 73.8 Å². The van der Waals surface area contributed by atoms with E-state index in [1.165, 1.54) is 18.2 Å². The minimum absolute atomic E-state index is 0.205. The minimum atomic E-state index is -0.695. The Morgan fingerprint density at radius 3 is 1.82 bits per heavy atom. The maximum atomic E-state index is 14.1. The maximum Gasteiger partial charge on any atom is 0.345 e. The van der Waals surface area contributed by atoms with E-state index in [9.17, 15) is 13.6 Å². The van der Waals surface area contributed by atoms with Crippen molar-refractivity contribution in [3.05, 3.63) is 127 Å². The van der Waals surface area contributed by atoms with Crippen LogP contribution in [0.25, 0.3) is 11.1 Å². The normalized spacial score (nSPS) is 15.8. The van der Waals surface area contributed by atoms with E-state index in [1.54, 1.807) is 12.1 Å². The van der Waals surface area contributed by atoms with E-state index >= 15 is 0 Å². The summed E-state index contributed by atoms with van der Waals surface area (Å²) in [6, 6.07) is 8.12. The highest BCUT2D eigenvalue weighted by molar-refractivity contribution is 5.95. The van der Waals surface area contributed by atoms with Gasteiger partial charge < -0.3 is 9.47 Å². The number of benzene rings is 2. The number of hydrogen-bond acceptors (Lipinski definition) is 3. The lowest BCUT2D eigenvalue weighted by Crippen LogP contribution is -2.29. The zero-order valence-corrected chi connectivity index (χ0v) is 23.1. The number of carbonyl (C=O) groups is 1. The molecule has 3 rings (SSSR count). The fourth-order valence-corrected chi connectivity index (χ4v) is 4.02. The molecule has 0 spiro atoms. The Hall–Kier alpha value is -3.99. The molecular formula is C35H38F2O3. The summed E-state index contributed by atoms with van der Waals surface area (Å²) in [4.78, 5) is 12.5. The van der Waals surface area contributed by atoms with Crippen LogP contribution in [0.5, 0.6) is 5.75 Å². The van der Waals surface area contributed by atoms with Crippen LogP contribution in [0.15, 0.2) is 109 Å². The van der Waals surface area contributed by atoms with Crippen LogP contribution in [0.4, 0.5) is 8.78 Å². The van der Waals surface area contributed by atoms with Gasteiger partial charge in [0.15, 0.2) is 0 Å². The monoisotopic (exact) mass is 544 g/mol. The van der Waals surface area contributed by atoms with E-state index in [4.69, 9.17) is 9.47 Å². The Morgan fingerprint density at radius 2 is 1.25 bits per heavy atom. The molecule has 0 radical (unpaired) electrons. The number of rotatable bonds is 15. The first-order chi connectivity index (χ1) is 19.6. The second-order valence-corrected chi connectivity index (χ2v) is 9.28. The van der Waals surface area contributed by atoms with Crippen molar-refractivity contribution in [3.63, 3.8) is 0 Å². The molecule has 5 heteroatoms. The SMILES string of the molecule is CC/C=C\C/C=C\C/C=C\C/C=C\C/C=C\C/C=C\CCC1OC(=O)c2cc(-c3ccc(F)cc3F)ccc2O1. The number of esters is 1. The molecule has 40 heavy (non-hydrogen) atoms. The van der Waals surface area contributed by atoms with Crippen molar-refractivity contribution < 1.29 is 23.0 Å². The summed E-state index contributed by atoms with van der Waals surface area (Å²) in [5, 5.41) is 0. The molecule has 0 aromatic heterocycles. The van der Waals surface area contributed by atoms with Gasteiger partial charge in [0, 0.05) is 18.1 Å². The van der Waals surface area contributed by atoms with Crippen molar-refractivity contribution in [1.29, 1.82) is 0 Å². The van der Waals surface area contributed by atoms with Crippen LogP contribution in [0.2, 0.25) is 0 Å². The van der Waals surface area contributed by atoms with Crippen molar-refractivity contribution >= 4 is 5.97 Å². The lowest BCUT2D eigenvalue weighted by Gasteiger charge is -2.25. The van der Waals surface area contributed by atoms with Crippen molar-refractivity contribution in [2.75, 3.05) is 0 Å². The van der Waals surface area contributed by atoms with Gasteiger partial charge in [-0.1, -0.05) is 85.9 Å². The number of fused-ring (bicyclic) bond motifs is 1. The van der Waals surface area contributed by atoms with Crippen molar-refractivity contribution in [1.82, 2.24) is 0 Å². The molecule has 0 saturated carbocycles. The number of carbonyl (C=O) groups excluding carboxylic acids is 1. The second-order valence-electron chi connectivity index (χ2n) is 9.28. The van der Waals surface area contributed by atoms with Crippen LogP contribution >= 0.6 is 0 Å². The molecule has 3 nitrogen and oxygen atoms in total. The van der Waals surface area contributed by atoms with Crippen molar-refractivity contribution in [2.24, 2.45) is 0 Å². The Balaban J connectivity index is 1.30. The van der Waals surface area contributed by atoms with E-state index < -0.39 is 23.9 Å². The Morgan fingerprint density at radius 1 is 0.675 bits per heavy atom. The smallest absolute Gasteiger partial charge is 0.345 e. The predicted molar refractivity (Wildman–Crippen MR) is 159 cm³/mol. The van der Waals surface area contributed by atoms with Crippen LogP contribution < -0.4 is 4.74 Å². The molecular weight excluding hydrogens is 506 g/mol. The zero-order valence-electron chi connectivity index (χ0n) is 23.1. The molecule has 0 aliphatic carbocycles. The van der Waals surface area contributed by atoms with Gasteiger partial charge in [0.2, 0.25) is 6.29 Å². The third-order valence-corrected chi connectivity index (χ3v) is 6.10. The number of ether oxygens (including phenoxy) is 2. The van der Waals surface area contributed by atoms with Crippen LogP contribution in [0.3, 0.4) is 0 Å². The summed E-state index contributed by atoms with van der Waals surface area (Å²) in [5.41, 5.74) is 0.886. The van der Waals surface area contributed by atoms with Crippen molar-refractivity contribution in [3.8, 4) is 16.9 Å². The predicted octanol–water partition coefficient (Wildman–Crippen LogP) is 9.98. The van der Waals surface area contributed by atoms with E-state index in [0.29, 0.717) is 24.2 Å². The van der Waals surface area contributed by atoms with Gasteiger partial charge in [0.25, 0.3) is 0 Å². The highest BCUT2D eigenvalue weighted by atomic mass is 19.1. The van der Waals surface area contributed by atoms with Gasteiger partial charge in [-0.3, -0.25) is 0 Å². The summed E-state index contributed by atoms with van der Waals surface area (Å²) in [5.74, 6) is -1.47. The van der Waals surface area contributed by atoms with Crippen LogP contribution in [-0.2, 0) is 4.74 Å². The van der Waals surface area contributed by atoms with Gasteiger partial charge in [-0.15, -0.1) is 0 Å². The molecule has 0 N–H and O–H groups in total. The summed E-state index contributed by atoms with van der Waals surface area (Å²) in [6.45, 7) is 2.14. The van der Waals surface area contributed by atoms with E-state index in [-0.39, 0.29) is 11.1 Å². The van der Waals surface area contributed by atoms with Gasteiger partial charge in [0.1, 0.15) is 22.9 Å². The Kier molecular flexibility index (Phi) is 13.4. The number of allylic oxidation sites excluding steroid dienone is 12. The summed E-state index contributed by atoms with van der Waals surface area (Å²) in [7, 11) is 0. The third-order valence-electron chi connectivity index (χ3n) is 6.10. The Bertz CT molecular complexity index is 1270. The molecule has 2 aromatic rings. The van der Waals surface area contributed by atoms with E-state index in [0.717, 1.165) is 44.6 Å². The summed E-state index contributed by atoms with van der Waals surface area (Å²) < 4.78 is 38.6. The second kappa shape index (κ2) is 17.6. The first-order valence-corrected chi connectivity index (χ1v) is 14.0. The molecule has 2 aromatic carbocycles. The van der Waals surface area contributed by atoms with Crippen LogP contribution in [0, 0.1) is 11.6 Å². The number of hydrogen-bond donors (Lipinski definition) is 0. The molecule has 1 aliphatic heterocycles. The molecule has 0 bridgehead atoms. The molecule has 1 atom stereocenters. The molecule has 0 saturated heterocycles. The lowest BCUT2D eigenvalue weighted by atomic mass is 10.0. The topological polar surface area (TPSA) is 35.5 Å². The molecule has 0 fully saturated rings. The highest BCUT2D eigenvalue weighted by Crippen LogP contribution is 2.33. The number of halogens is 2. The van der Waals surface area contributed by atoms with Gasteiger partial charge in [-0.2, -0.15) is 0 Å². The molecule has 1 aliphatic rings. The first-order valence-electron chi connectivity index (χ1n) is 14.0. The molecule has 1 unspecified atom stereocenters. The maximum absolute atomic E-state index is 14.1.